The van der Waals surface area contributed by atoms with Crippen LogP contribution in [0.15, 0.2) is 182 Å². The molecule has 0 atom stereocenters. The van der Waals surface area contributed by atoms with E-state index in [9.17, 15) is 0 Å². The summed E-state index contributed by atoms with van der Waals surface area (Å²) in [6.07, 6.45) is 0. The first-order valence-corrected chi connectivity index (χ1v) is 18.5. The van der Waals surface area contributed by atoms with E-state index in [0.717, 1.165) is 0 Å². The molecule has 0 amide bonds. The molecule has 0 fully saturated rings. The Morgan fingerprint density at radius 3 is 1.51 bits per heavy atom. The van der Waals surface area contributed by atoms with Crippen LogP contribution in [0.4, 0.5) is 0 Å². The molecule has 1 aliphatic rings. The van der Waals surface area contributed by atoms with Gasteiger partial charge in [0.05, 0.1) is 22.1 Å². The van der Waals surface area contributed by atoms with Crippen molar-refractivity contribution in [2.24, 2.45) is 0 Å². The Labute approximate surface area is 308 Å². The number of nitrogens with zero attached hydrogens (tertiary/aromatic N) is 2. The van der Waals surface area contributed by atoms with Gasteiger partial charge in [0, 0.05) is 38.3 Å². The van der Waals surface area contributed by atoms with E-state index in [1.165, 1.54) is 99.5 Å². The van der Waals surface area contributed by atoms with E-state index in [0.29, 0.717) is 0 Å². The van der Waals surface area contributed by atoms with Crippen LogP contribution in [-0.4, -0.2) is 9.13 Å². The van der Waals surface area contributed by atoms with Gasteiger partial charge in [-0.1, -0.05) is 135 Å². The quantitative estimate of drug-likeness (QED) is 0.176. The van der Waals surface area contributed by atoms with E-state index in [1.807, 2.05) is 0 Å². The van der Waals surface area contributed by atoms with E-state index in [2.05, 4.69) is 205 Å². The van der Waals surface area contributed by atoms with Gasteiger partial charge in [0.25, 0.3) is 0 Å². The summed E-state index contributed by atoms with van der Waals surface area (Å²) in [6, 6.07) is 67.0. The molecule has 0 bridgehead atoms. The number of hydrogen-bond acceptors (Lipinski definition) is 0. The first-order valence-electron chi connectivity index (χ1n) is 18.5. The summed E-state index contributed by atoms with van der Waals surface area (Å²) in [7, 11) is 0. The van der Waals surface area contributed by atoms with Crippen LogP contribution in [0.5, 0.6) is 0 Å². The van der Waals surface area contributed by atoms with Gasteiger partial charge in [-0.15, -0.1) is 0 Å². The van der Waals surface area contributed by atoms with E-state index < -0.39 is 0 Å². The maximum absolute atomic E-state index is 2.46. The van der Waals surface area contributed by atoms with E-state index >= 15 is 0 Å². The molecule has 0 unspecified atom stereocenters. The molecule has 8 aromatic carbocycles. The van der Waals surface area contributed by atoms with E-state index in [4.69, 9.17) is 0 Å². The van der Waals surface area contributed by atoms with Gasteiger partial charge in [0.1, 0.15) is 0 Å². The molecular weight excluding hydrogens is 641 g/mol. The molecule has 0 N–H and O–H groups in total. The van der Waals surface area contributed by atoms with Gasteiger partial charge in [-0.25, -0.2) is 0 Å². The minimum Gasteiger partial charge on any atom is -0.309 e. The van der Waals surface area contributed by atoms with Gasteiger partial charge in [0.2, 0.25) is 0 Å². The maximum atomic E-state index is 2.46. The molecule has 11 rings (SSSR count). The maximum Gasteiger partial charge on any atom is 0.0547 e. The summed E-state index contributed by atoms with van der Waals surface area (Å²) in [5.74, 6) is 0. The number of benzene rings is 8. The molecule has 0 aliphatic heterocycles. The molecule has 10 aromatic rings. The molecular formula is C51H36N2. The van der Waals surface area contributed by atoms with Crippen LogP contribution in [0.2, 0.25) is 0 Å². The Bertz CT molecular complexity index is 3050. The lowest BCUT2D eigenvalue weighted by Crippen LogP contribution is -2.14. The summed E-state index contributed by atoms with van der Waals surface area (Å²) in [6.45, 7) is 4.72. The topological polar surface area (TPSA) is 9.86 Å². The van der Waals surface area contributed by atoms with Crippen molar-refractivity contribution in [2.45, 2.75) is 19.3 Å². The third-order valence-electron chi connectivity index (χ3n) is 11.7. The third-order valence-corrected chi connectivity index (χ3v) is 11.7. The van der Waals surface area contributed by atoms with E-state index in [1.54, 1.807) is 0 Å². The highest BCUT2D eigenvalue weighted by Gasteiger charge is 2.36. The van der Waals surface area contributed by atoms with Crippen molar-refractivity contribution in [3.8, 4) is 44.8 Å². The number of para-hydroxylation sites is 3. The minimum absolute atomic E-state index is 0.0317. The lowest BCUT2D eigenvalue weighted by molar-refractivity contribution is 0.661. The van der Waals surface area contributed by atoms with Crippen molar-refractivity contribution in [2.75, 3.05) is 0 Å². The normalized spacial score (nSPS) is 13.2. The molecule has 2 heterocycles. The largest absolute Gasteiger partial charge is 0.309 e. The van der Waals surface area contributed by atoms with Gasteiger partial charge in [-0.2, -0.15) is 0 Å². The molecule has 0 spiro atoms. The lowest BCUT2D eigenvalue weighted by atomic mass is 9.82. The van der Waals surface area contributed by atoms with Gasteiger partial charge in [-0.3, -0.25) is 0 Å². The average molecular weight is 677 g/mol. The average Bonchev–Trinajstić information content (AvgIpc) is 3.80. The first kappa shape index (κ1) is 30.0. The van der Waals surface area contributed by atoms with Crippen LogP contribution < -0.4 is 0 Å². The van der Waals surface area contributed by atoms with Gasteiger partial charge >= 0.3 is 0 Å². The Hall–Kier alpha value is -6.64. The predicted molar refractivity (Wildman–Crippen MR) is 224 cm³/mol. The molecule has 0 radical (unpaired) electrons. The standard InChI is InChI=1S/C51H36N2/c1-51(2)45-17-9-6-14-39(45)42-32-50-44(31-46(42)51)41-16-8-11-19-48(41)53(50)38-27-24-34(25-28-38)33-20-22-35(23-21-33)36-26-29-49-43(30-36)40-15-7-10-18-47(40)52(49)37-12-4-3-5-13-37/h3-32H,1-2H3. The highest BCUT2D eigenvalue weighted by molar-refractivity contribution is 6.12. The van der Waals surface area contributed by atoms with Crippen molar-refractivity contribution in [1.82, 2.24) is 9.13 Å². The zero-order chi connectivity index (χ0) is 35.3. The third kappa shape index (κ3) is 4.39. The highest BCUT2D eigenvalue weighted by atomic mass is 15.0. The fourth-order valence-corrected chi connectivity index (χ4v) is 9.11. The summed E-state index contributed by atoms with van der Waals surface area (Å²) in [5, 5.41) is 5.14. The molecule has 2 nitrogen and oxygen atoms in total. The first-order chi connectivity index (χ1) is 26.0. The second kappa shape index (κ2) is 11.2. The second-order valence-corrected chi connectivity index (χ2v) is 15.0. The summed E-state index contributed by atoms with van der Waals surface area (Å²) < 4.78 is 4.81. The molecule has 0 saturated carbocycles. The number of rotatable bonds is 4. The number of fused-ring (bicyclic) bond motifs is 9. The Balaban J connectivity index is 0.960. The van der Waals surface area contributed by atoms with Gasteiger partial charge in [-0.05, 0) is 105 Å². The van der Waals surface area contributed by atoms with E-state index in [-0.39, 0.29) is 5.41 Å². The van der Waals surface area contributed by atoms with Crippen molar-refractivity contribution in [3.05, 3.63) is 193 Å². The SMILES string of the molecule is CC1(C)c2ccccc2-c2cc3c(cc21)c1ccccc1n3-c1ccc(-c2ccc(-c3ccc4c(c3)c3ccccc3n4-c3ccccc3)cc2)cc1. The summed E-state index contributed by atoms with van der Waals surface area (Å²) in [5.41, 5.74) is 17.6. The second-order valence-electron chi connectivity index (χ2n) is 15.0. The molecule has 2 aromatic heterocycles. The van der Waals surface area contributed by atoms with Crippen molar-refractivity contribution in [3.63, 3.8) is 0 Å². The van der Waals surface area contributed by atoms with Crippen molar-refractivity contribution >= 4 is 43.6 Å². The van der Waals surface area contributed by atoms with Crippen LogP contribution >= 0.6 is 0 Å². The predicted octanol–water partition coefficient (Wildman–Crippen LogP) is 13.5. The number of hydrogen-bond donors (Lipinski definition) is 0. The zero-order valence-electron chi connectivity index (χ0n) is 29.7. The summed E-state index contributed by atoms with van der Waals surface area (Å²) >= 11 is 0. The van der Waals surface area contributed by atoms with Crippen LogP contribution in [0.25, 0.3) is 88.4 Å². The molecule has 250 valence electrons. The van der Waals surface area contributed by atoms with Crippen LogP contribution in [0.1, 0.15) is 25.0 Å². The molecule has 1 aliphatic carbocycles. The smallest absolute Gasteiger partial charge is 0.0547 e. The number of aromatic nitrogens is 2. The highest BCUT2D eigenvalue weighted by Crippen LogP contribution is 2.51. The lowest BCUT2D eigenvalue weighted by Gasteiger charge is -2.21. The molecule has 2 heteroatoms. The Morgan fingerprint density at radius 2 is 0.811 bits per heavy atom. The van der Waals surface area contributed by atoms with Crippen LogP contribution in [-0.2, 0) is 5.41 Å². The molecule has 0 saturated heterocycles. The van der Waals surface area contributed by atoms with Crippen LogP contribution in [0.3, 0.4) is 0 Å². The Kier molecular flexibility index (Phi) is 6.33. The zero-order valence-corrected chi connectivity index (χ0v) is 29.7. The summed E-state index contributed by atoms with van der Waals surface area (Å²) in [4.78, 5) is 0. The fraction of sp³-hybridized carbons (Fsp3) is 0.0588. The minimum atomic E-state index is -0.0317. The Morgan fingerprint density at radius 1 is 0.321 bits per heavy atom. The van der Waals surface area contributed by atoms with Crippen molar-refractivity contribution in [1.29, 1.82) is 0 Å². The van der Waals surface area contributed by atoms with Gasteiger partial charge < -0.3 is 9.13 Å². The fourth-order valence-electron chi connectivity index (χ4n) is 9.11. The van der Waals surface area contributed by atoms with Crippen molar-refractivity contribution < 1.29 is 0 Å². The van der Waals surface area contributed by atoms with Gasteiger partial charge in [0.15, 0.2) is 0 Å². The molecule has 53 heavy (non-hydrogen) atoms. The monoisotopic (exact) mass is 676 g/mol. The van der Waals surface area contributed by atoms with Crippen LogP contribution in [0, 0.1) is 0 Å².